The summed E-state index contributed by atoms with van der Waals surface area (Å²) in [5.41, 5.74) is 1.27. The molecule has 1 heterocycles. The van der Waals surface area contributed by atoms with Crippen LogP contribution in [0.1, 0.15) is 30.1 Å². The Balaban J connectivity index is 1.62. The van der Waals surface area contributed by atoms with E-state index in [9.17, 15) is 0 Å². The molecule has 0 spiro atoms. The molecule has 0 aliphatic heterocycles. The lowest BCUT2D eigenvalue weighted by Crippen LogP contribution is -2.03. The van der Waals surface area contributed by atoms with Crippen molar-refractivity contribution in [2.24, 2.45) is 0 Å². The summed E-state index contributed by atoms with van der Waals surface area (Å²) < 4.78 is 0. The average molecular weight is 271 g/mol. The molecule has 1 aliphatic carbocycles. The monoisotopic (exact) mass is 271 g/mol. The first-order valence-corrected chi connectivity index (χ1v) is 7.77. The second-order valence-electron chi connectivity index (χ2n) is 4.78. The third-order valence-electron chi connectivity index (χ3n) is 3.25. The van der Waals surface area contributed by atoms with Gasteiger partial charge in [-0.2, -0.15) is 0 Å². The van der Waals surface area contributed by atoms with Crippen LogP contribution in [0.25, 0.3) is 0 Å². The Bertz CT molecular complexity index is 550. The van der Waals surface area contributed by atoms with Gasteiger partial charge in [0.25, 0.3) is 0 Å². The predicted octanol–water partition coefficient (Wildman–Crippen LogP) is 3.69. The molecule has 1 aromatic heterocycles. The number of hydrogen-bond donors (Lipinski definition) is 1. The van der Waals surface area contributed by atoms with Crippen LogP contribution in [0.4, 0.5) is 5.82 Å². The molecule has 1 aromatic carbocycles. The molecule has 3 nitrogen and oxygen atoms in total. The topological polar surface area (TPSA) is 37.8 Å². The van der Waals surface area contributed by atoms with E-state index in [-0.39, 0.29) is 0 Å². The van der Waals surface area contributed by atoms with Gasteiger partial charge in [-0.15, -0.1) is 11.8 Å². The zero-order chi connectivity index (χ0) is 13.1. The highest BCUT2D eigenvalue weighted by atomic mass is 32.2. The van der Waals surface area contributed by atoms with Crippen LogP contribution in [0.2, 0.25) is 0 Å². The van der Waals surface area contributed by atoms with Crippen LogP contribution in [0, 0.1) is 0 Å². The molecule has 1 fully saturated rings. The second kappa shape index (κ2) is 5.61. The van der Waals surface area contributed by atoms with Gasteiger partial charge in [-0.3, -0.25) is 0 Å². The number of thioether (sulfide) groups is 1. The summed E-state index contributed by atoms with van der Waals surface area (Å²) >= 11 is 1.76. The van der Waals surface area contributed by atoms with Crippen LogP contribution < -0.4 is 5.32 Å². The number of rotatable bonds is 5. The molecule has 1 aliphatic rings. The lowest BCUT2D eigenvalue weighted by Gasteiger charge is -2.07. The molecular weight excluding hydrogens is 254 g/mol. The Kier molecular flexibility index (Phi) is 3.69. The van der Waals surface area contributed by atoms with Gasteiger partial charge in [-0.05, 0) is 42.9 Å². The number of nitrogens with one attached hydrogen (secondary N) is 1. The Morgan fingerprint density at radius 2 is 2.00 bits per heavy atom. The molecule has 0 unspecified atom stereocenters. The van der Waals surface area contributed by atoms with E-state index in [1.54, 1.807) is 11.8 Å². The van der Waals surface area contributed by atoms with E-state index in [0.29, 0.717) is 5.92 Å². The number of hydrogen-bond acceptors (Lipinski definition) is 4. The third kappa shape index (κ3) is 3.26. The van der Waals surface area contributed by atoms with Gasteiger partial charge in [-0.1, -0.05) is 12.1 Å². The van der Waals surface area contributed by atoms with Crippen LogP contribution in [0.3, 0.4) is 0 Å². The zero-order valence-electron chi connectivity index (χ0n) is 11.0. The second-order valence-corrected chi connectivity index (χ2v) is 5.66. The van der Waals surface area contributed by atoms with E-state index >= 15 is 0 Å². The molecule has 0 atom stereocenters. The molecule has 19 heavy (non-hydrogen) atoms. The zero-order valence-corrected chi connectivity index (χ0v) is 11.8. The first kappa shape index (κ1) is 12.5. The van der Waals surface area contributed by atoms with Crippen molar-refractivity contribution in [2.45, 2.75) is 30.2 Å². The number of benzene rings is 1. The van der Waals surface area contributed by atoms with Crippen molar-refractivity contribution in [1.29, 1.82) is 0 Å². The van der Waals surface area contributed by atoms with Gasteiger partial charge >= 0.3 is 0 Å². The Labute approximate surface area is 117 Å². The summed E-state index contributed by atoms with van der Waals surface area (Å²) in [5.74, 6) is 2.51. The summed E-state index contributed by atoms with van der Waals surface area (Å²) in [6.07, 6.45) is 6.41. The summed E-state index contributed by atoms with van der Waals surface area (Å²) in [6.45, 7) is 0.801. The predicted molar refractivity (Wildman–Crippen MR) is 79.6 cm³/mol. The largest absolute Gasteiger partial charge is 0.366 e. The lowest BCUT2D eigenvalue weighted by atomic mass is 10.2. The molecular formula is C15H17N3S. The molecule has 4 heteroatoms. The van der Waals surface area contributed by atoms with Crippen LogP contribution in [0.5, 0.6) is 0 Å². The molecule has 0 amide bonds. The molecule has 1 saturated carbocycles. The van der Waals surface area contributed by atoms with Crippen LogP contribution >= 0.6 is 11.8 Å². The van der Waals surface area contributed by atoms with Crippen molar-refractivity contribution in [3.05, 3.63) is 47.9 Å². The van der Waals surface area contributed by atoms with E-state index in [1.807, 2.05) is 12.3 Å². The number of aromatic nitrogens is 2. The smallest absolute Gasteiger partial charge is 0.133 e. The minimum Gasteiger partial charge on any atom is -0.366 e. The fourth-order valence-electron chi connectivity index (χ4n) is 1.95. The van der Waals surface area contributed by atoms with E-state index in [4.69, 9.17) is 0 Å². The molecule has 2 aromatic rings. The maximum atomic E-state index is 4.56. The summed E-state index contributed by atoms with van der Waals surface area (Å²) in [6, 6.07) is 10.5. The molecule has 0 saturated heterocycles. The summed E-state index contributed by atoms with van der Waals surface area (Å²) in [7, 11) is 0. The quantitative estimate of drug-likeness (QED) is 0.842. The van der Waals surface area contributed by atoms with Crippen LogP contribution in [-0.2, 0) is 6.54 Å². The average Bonchev–Trinajstić information content (AvgIpc) is 3.31. The van der Waals surface area contributed by atoms with Crippen LogP contribution in [-0.4, -0.2) is 16.2 Å². The van der Waals surface area contributed by atoms with Gasteiger partial charge in [0.2, 0.25) is 0 Å². The first-order chi connectivity index (χ1) is 9.35. The van der Waals surface area contributed by atoms with Crippen molar-refractivity contribution >= 4 is 17.6 Å². The van der Waals surface area contributed by atoms with Gasteiger partial charge in [0.05, 0.1) is 0 Å². The van der Waals surface area contributed by atoms with Gasteiger partial charge in [-0.25, -0.2) is 9.97 Å². The highest BCUT2D eigenvalue weighted by molar-refractivity contribution is 7.98. The number of anilines is 1. The van der Waals surface area contributed by atoms with Crippen molar-refractivity contribution in [1.82, 2.24) is 9.97 Å². The van der Waals surface area contributed by atoms with E-state index in [0.717, 1.165) is 18.2 Å². The van der Waals surface area contributed by atoms with Gasteiger partial charge in [0.1, 0.15) is 11.6 Å². The molecule has 3 rings (SSSR count). The SMILES string of the molecule is CSc1ccc(CNc2ccnc(C3CC3)n2)cc1. The minimum absolute atomic E-state index is 0.600. The number of nitrogens with zero attached hydrogens (tertiary/aromatic N) is 2. The molecule has 1 N–H and O–H groups in total. The van der Waals surface area contributed by atoms with Crippen molar-refractivity contribution in [3.63, 3.8) is 0 Å². The van der Waals surface area contributed by atoms with E-state index in [2.05, 4.69) is 45.8 Å². The van der Waals surface area contributed by atoms with Crippen molar-refractivity contribution in [3.8, 4) is 0 Å². The maximum absolute atomic E-state index is 4.56. The fraction of sp³-hybridized carbons (Fsp3) is 0.333. The minimum atomic E-state index is 0.600. The van der Waals surface area contributed by atoms with Crippen molar-refractivity contribution < 1.29 is 0 Å². The Morgan fingerprint density at radius 1 is 1.21 bits per heavy atom. The van der Waals surface area contributed by atoms with Gasteiger partial charge < -0.3 is 5.32 Å². The standard InChI is InChI=1S/C15H17N3S/c1-19-13-6-2-11(3-7-13)10-17-14-8-9-16-15(18-14)12-4-5-12/h2-3,6-9,12H,4-5,10H2,1H3,(H,16,17,18). The normalized spacial score (nSPS) is 14.4. The first-order valence-electron chi connectivity index (χ1n) is 6.55. The van der Waals surface area contributed by atoms with E-state index < -0.39 is 0 Å². The van der Waals surface area contributed by atoms with Crippen molar-refractivity contribution in [2.75, 3.05) is 11.6 Å². The molecule has 0 radical (unpaired) electrons. The summed E-state index contributed by atoms with van der Waals surface area (Å²) in [4.78, 5) is 10.2. The summed E-state index contributed by atoms with van der Waals surface area (Å²) in [5, 5.41) is 3.36. The van der Waals surface area contributed by atoms with E-state index in [1.165, 1.54) is 23.3 Å². The molecule has 98 valence electrons. The third-order valence-corrected chi connectivity index (χ3v) is 3.99. The Hall–Kier alpha value is -1.55. The highest BCUT2D eigenvalue weighted by Gasteiger charge is 2.26. The lowest BCUT2D eigenvalue weighted by molar-refractivity contribution is 0.921. The highest BCUT2D eigenvalue weighted by Crippen LogP contribution is 2.38. The van der Waals surface area contributed by atoms with Gasteiger partial charge in [0, 0.05) is 23.6 Å². The van der Waals surface area contributed by atoms with Gasteiger partial charge in [0.15, 0.2) is 0 Å². The molecule has 0 bridgehead atoms. The van der Waals surface area contributed by atoms with Crippen LogP contribution in [0.15, 0.2) is 41.4 Å². The fourth-order valence-corrected chi connectivity index (χ4v) is 2.35. The maximum Gasteiger partial charge on any atom is 0.133 e. The Morgan fingerprint density at radius 3 is 2.68 bits per heavy atom.